The average molecular weight is 304 g/mol. The van der Waals surface area contributed by atoms with E-state index in [0.717, 1.165) is 5.56 Å². The predicted octanol–water partition coefficient (Wildman–Crippen LogP) is 1.96. The van der Waals surface area contributed by atoms with Crippen molar-refractivity contribution >= 4 is 34.8 Å². The van der Waals surface area contributed by atoms with Gasteiger partial charge in [-0.15, -0.1) is 0 Å². The number of benzene rings is 1. The van der Waals surface area contributed by atoms with Gasteiger partial charge in [0.1, 0.15) is 5.02 Å². The van der Waals surface area contributed by atoms with Gasteiger partial charge in [-0.1, -0.05) is 23.2 Å². The van der Waals surface area contributed by atoms with Crippen molar-refractivity contribution in [1.82, 2.24) is 5.32 Å². The topological polar surface area (TPSA) is 98.3 Å². The van der Waals surface area contributed by atoms with E-state index in [2.05, 4.69) is 5.32 Å². The second-order valence-electron chi connectivity index (χ2n) is 4.28. The Labute approximate surface area is 119 Å². The Morgan fingerprint density at radius 1 is 1.58 bits per heavy atom. The molecule has 1 atom stereocenters. The number of hydrogen-bond acceptors (Lipinski definition) is 4. The summed E-state index contributed by atoms with van der Waals surface area (Å²) < 4.78 is 0. The number of hydrogen-bond donors (Lipinski definition) is 2. The summed E-state index contributed by atoms with van der Waals surface area (Å²) in [7, 11) is 0. The molecule has 0 aliphatic heterocycles. The number of carbonyl (C=O) groups excluding carboxylic acids is 1. The minimum absolute atomic E-state index is 0.0131. The molecule has 19 heavy (non-hydrogen) atoms. The van der Waals surface area contributed by atoms with Crippen LogP contribution in [0.2, 0.25) is 10.0 Å². The average Bonchev–Trinajstić information content (AvgIpc) is 2.75. The van der Waals surface area contributed by atoms with E-state index in [4.69, 9.17) is 28.9 Å². The molecule has 0 aromatic heterocycles. The maximum atomic E-state index is 10.9. The van der Waals surface area contributed by atoms with Crippen molar-refractivity contribution in [2.45, 2.75) is 18.9 Å². The summed E-state index contributed by atoms with van der Waals surface area (Å²) in [6, 6.07) is 1.02. The number of nitro groups is 1. The second-order valence-corrected chi connectivity index (χ2v) is 5.06. The molecule has 3 N–H and O–H groups in total. The minimum atomic E-state index is -0.571. The molecule has 0 saturated carbocycles. The van der Waals surface area contributed by atoms with E-state index < -0.39 is 10.8 Å². The largest absolute Gasteiger partial charge is 0.369 e. The molecule has 1 amide bonds. The maximum Gasteiger partial charge on any atom is 0.289 e. The summed E-state index contributed by atoms with van der Waals surface area (Å²) in [5, 5.41) is 14.2. The van der Waals surface area contributed by atoms with Gasteiger partial charge < -0.3 is 11.1 Å². The Morgan fingerprint density at radius 3 is 2.84 bits per heavy atom. The third-order valence-corrected chi connectivity index (χ3v) is 3.82. The number of nitrogens with one attached hydrogen (secondary N) is 1. The van der Waals surface area contributed by atoms with Crippen molar-refractivity contribution in [1.29, 1.82) is 0 Å². The van der Waals surface area contributed by atoms with Gasteiger partial charge in [-0.2, -0.15) is 0 Å². The van der Waals surface area contributed by atoms with Gasteiger partial charge in [-0.25, -0.2) is 0 Å². The van der Waals surface area contributed by atoms with E-state index in [1.807, 2.05) is 0 Å². The van der Waals surface area contributed by atoms with Crippen LogP contribution in [0.5, 0.6) is 0 Å². The highest BCUT2D eigenvalue weighted by Gasteiger charge is 2.32. The van der Waals surface area contributed by atoms with Gasteiger partial charge in [0.15, 0.2) is 0 Å². The lowest BCUT2D eigenvalue weighted by molar-refractivity contribution is -0.384. The Bertz CT molecular complexity index is 563. The zero-order chi connectivity index (χ0) is 14.2. The lowest BCUT2D eigenvalue weighted by atomic mass is 10.1. The molecule has 0 saturated heterocycles. The smallest absolute Gasteiger partial charge is 0.289 e. The molecule has 0 heterocycles. The molecule has 2 rings (SSSR count). The van der Waals surface area contributed by atoms with Crippen LogP contribution in [-0.4, -0.2) is 17.4 Å². The fraction of sp³-hybridized carbons (Fsp3) is 0.364. The van der Waals surface area contributed by atoms with E-state index in [1.165, 1.54) is 6.07 Å². The van der Waals surface area contributed by atoms with Crippen LogP contribution in [0.1, 0.15) is 23.6 Å². The zero-order valence-electron chi connectivity index (χ0n) is 9.78. The van der Waals surface area contributed by atoms with Crippen molar-refractivity contribution in [2.24, 2.45) is 5.73 Å². The summed E-state index contributed by atoms with van der Waals surface area (Å²) in [4.78, 5) is 21.1. The molecular formula is C11H11Cl2N3O3. The molecule has 8 heteroatoms. The van der Waals surface area contributed by atoms with Crippen molar-refractivity contribution in [3.05, 3.63) is 37.4 Å². The zero-order valence-corrected chi connectivity index (χ0v) is 11.3. The summed E-state index contributed by atoms with van der Waals surface area (Å²) in [6.07, 6.45) is 1.32. The van der Waals surface area contributed by atoms with Crippen LogP contribution >= 0.6 is 23.2 Å². The molecule has 102 valence electrons. The molecular weight excluding hydrogens is 293 g/mol. The fourth-order valence-corrected chi connectivity index (χ4v) is 2.95. The number of primary amides is 1. The standard InChI is InChI=1S/C11H11Cl2N3O3/c12-6-3-8(16(18)19)11(13)10-5(6)1-2-7(10)15-4-9(14)17/h3,7,15H,1-2,4H2,(H2,14,17). The molecule has 0 spiro atoms. The lowest BCUT2D eigenvalue weighted by Gasteiger charge is -2.14. The van der Waals surface area contributed by atoms with Gasteiger partial charge in [-0.05, 0) is 24.0 Å². The van der Waals surface area contributed by atoms with Crippen LogP contribution in [0.25, 0.3) is 0 Å². The highest BCUT2D eigenvalue weighted by molar-refractivity contribution is 6.36. The summed E-state index contributed by atoms with van der Waals surface area (Å²) >= 11 is 12.1. The first-order valence-corrected chi connectivity index (χ1v) is 6.34. The second kappa shape index (κ2) is 5.32. The van der Waals surface area contributed by atoms with E-state index in [0.29, 0.717) is 23.4 Å². The van der Waals surface area contributed by atoms with Gasteiger partial charge in [0.25, 0.3) is 5.69 Å². The van der Waals surface area contributed by atoms with Gasteiger partial charge in [0, 0.05) is 12.1 Å². The summed E-state index contributed by atoms with van der Waals surface area (Å²) in [6.45, 7) is -0.0131. The Balaban J connectivity index is 2.42. The number of nitrogens with two attached hydrogens (primary N) is 1. The van der Waals surface area contributed by atoms with Crippen LogP contribution < -0.4 is 11.1 Å². The third-order valence-electron chi connectivity index (χ3n) is 3.09. The van der Waals surface area contributed by atoms with E-state index in [-0.39, 0.29) is 23.3 Å². The normalized spacial score (nSPS) is 17.3. The van der Waals surface area contributed by atoms with Crippen LogP contribution in [0.15, 0.2) is 6.07 Å². The molecule has 0 radical (unpaired) electrons. The number of nitrogens with zero attached hydrogens (tertiary/aromatic N) is 1. The van der Waals surface area contributed by atoms with Gasteiger partial charge in [-0.3, -0.25) is 14.9 Å². The number of fused-ring (bicyclic) bond motifs is 1. The van der Waals surface area contributed by atoms with Crippen LogP contribution in [0.4, 0.5) is 5.69 Å². The molecule has 1 aliphatic rings. The summed E-state index contributed by atoms with van der Waals surface area (Å²) in [5.74, 6) is -0.499. The van der Waals surface area contributed by atoms with E-state index >= 15 is 0 Å². The van der Waals surface area contributed by atoms with Gasteiger partial charge in [0.2, 0.25) is 5.91 Å². The highest BCUT2D eigenvalue weighted by Crippen LogP contribution is 2.44. The quantitative estimate of drug-likeness (QED) is 0.656. The van der Waals surface area contributed by atoms with E-state index in [9.17, 15) is 14.9 Å². The SMILES string of the molecule is NC(=O)CNC1CCc2c(Cl)cc([N+](=O)[O-])c(Cl)c21. The van der Waals surface area contributed by atoms with Crippen LogP contribution in [0.3, 0.4) is 0 Å². The fourth-order valence-electron chi connectivity index (χ4n) is 2.28. The first kappa shape index (κ1) is 14.0. The molecule has 1 aromatic rings. The monoisotopic (exact) mass is 303 g/mol. The van der Waals surface area contributed by atoms with Crippen molar-refractivity contribution in [2.75, 3.05) is 6.54 Å². The Kier molecular flexibility index (Phi) is 3.93. The minimum Gasteiger partial charge on any atom is -0.369 e. The predicted molar refractivity (Wildman–Crippen MR) is 71.4 cm³/mol. The summed E-state index contributed by atoms with van der Waals surface area (Å²) in [5.41, 5.74) is 6.23. The van der Waals surface area contributed by atoms with Crippen LogP contribution in [0, 0.1) is 10.1 Å². The van der Waals surface area contributed by atoms with Crippen LogP contribution in [-0.2, 0) is 11.2 Å². The Morgan fingerprint density at radius 2 is 2.26 bits per heavy atom. The number of halogens is 2. The third kappa shape index (κ3) is 2.65. The molecule has 0 bridgehead atoms. The van der Waals surface area contributed by atoms with Gasteiger partial charge >= 0.3 is 0 Å². The molecule has 0 fully saturated rings. The van der Waals surface area contributed by atoms with Crippen molar-refractivity contribution in [3.8, 4) is 0 Å². The number of rotatable bonds is 4. The van der Waals surface area contributed by atoms with E-state index in [1.54, 1.807) is 0 Å². The number of carbonyl (C=O) groups is 1. The lowest BCUT2D eigenvalue weighted by Crippen LogP contribution is -2.31. The molecule has 1 aromatic carbocycles. The Hall–Kier alpha value is -1.37. The first-order valence-electron chi connectivity index (χ1n) is 5.58. The van der Waals surface area contributed by atoms with Crippen molar-refractivity contribution < 1.29 is 9.72 Å². The number of nitro benzene ring substituents is 1. The van der Waals surface area contributed by atoms with Gasteiger partial charge in [0.05, 0.1) is 16.5 Å². The van der Waals surface area contributed by atoms with Crippen molar-refractivity contribution in [3.63, 3.8) is 0 Å². The molecule has 1 aliphatic carbocycles. The number of amides is 1. The maximum absolute atomic E-state index is 10.9. The molecule has 6 nitrogen and oxygen atoms in total. The molecule has 1 unspecified atom stereocenters. The first-order chi connectivity index (χ1) is 8.91. The highest BCUT2D eigenvalue weighted by atomic mass is 35.5.